The first-order chi connectivity index (χ1) is 25.6. The number of esters is 1. The second-order valence-electron chi connectivity index (χ2n) is 15.9. The van der Waals surface area contributed by atoms with Crippen LogP contribution < -0.4 is 10.6 Å². The van der Waals surface area contributed by atoms with Gasteiger partial charge in [-0.3, -0.25) is 24.1 Å². The second-order valence-corrected chi connectivity index (χ2v) is 15.9. The zero-order valence-corrected chi connectivity index (χ0v) is 34.6. The number of carbonyl (C=O) groups is 5. The Morgan fingerprint density at radius 1 is 0.963 bits per heavy atom. The summed E-state index contributed by atoms with van der Waals surface area (Å²) < 4.78 is 17.0. The summed E-state index contributed by atoms with van der Waals surface area (Å²) in [6.45, 7) is 12.9. The monoisotopic (exact) mass is 757 g/mol. The van der Waals surface area contributed by atoms with Crippen LogP contribution in [0.15, 0.2) is 30.3 Å². The third-order valence-corrected chi connectivity index (χ3v) is 12.1. The van der Waals surface area contributed by atoms with E-state index in [-0.39, 0.29) is 54.3 Å². The van der Waals surface area contributed by atoms with Gasteiger partial charge >= 0.3 is 5.97 Å². The fraction of sp³-hybridized carbons (Fsp3) is 0.732. The molecule has 0 bridgehead atoms. The highest BCUT2D eigenvalue weighted by Crippen LogP contribution is 2.31. The number of nitrogens with one attached hydrogen (secondary N) is 2. The van der Waals surface area contributed by atoms with Gasteiger partial charge in [-0.2, -0.15) is 0 Å². The van der Waals surface area contributed by atoms with Gasteiger partial charge in [0.05, 0.1) is 49.3 Å². The molecule has 304 valence electrons. The van der Waals surface area contributed by atoms with Gasteiger partial charge in [0.1, 0.15) is 12.1 Å². The first-order valence-corrected chi connectivity index (χ1v) is 19.6. The second kappa shape index (κ2) is 20.4. The molecule has 54 heavy (non-hydrogen) atoms. The summed E-state index contributed by atoms with van der Waals surface area (Å²) in [7, 11) is 8.05. The number of rotatable bonds is 19. The molecular weight excluding hydrogens is 690 g/mol. The maximum atomic E-state index is 14.3. The summed E-state index contributed by atoms with van der Waals surface area (Å²) in [6, 6.07) is 6.91. The van der Waals surface area contributed by atoms with E-state index in [0.29, 0.717) is 13.0 Å². The first-order valence-electron chi connectivity index (χ1n) is 19.6. The van der Waals surface area contributed by atoms with E-state index in [2.05, 4.69) is 10.6 Å². The van der Waals surface area contributed by atoms with Crippen LogP contribution in [0, 0.1) is 17.8 Å². The summed E-state index contributed by atoms with van der Waals surface area (Å²) in [5.41, 5.74) is 0.197. The Bertz CT molecular complexity index is 1410. The zero-order chi connectivity index (χ0) is 40.3. The van der Waals surface area contributed by atoms with Crippen molar-refractivity contribution >= 4 is 29.6 Å². The van der Waals surface area contributed by atoms with Gasteiger partial charge in [0.25, 0.3) is 0 Å². The molecule has 0 unspecified atom stereocenters. The highest BCUT2D eigenvalue weighted by atomic mass is 16.5. The summed E-state index contributed by atoms with van der Waals surface area (Å²) in [6.07, 6.45) is 2.76. The van der Waals surface area contributed by atoms with E-state index in [0.717, 1.165) is 37.8 Å². The average molecular weight is 758 g/mol. The topological polar surface area (TPSA) is 147 Å². The highest BCUT2D eigenvalue weighted by Gasteiger charge is 2.45. The molecule has 3 rings (SSSR count). The van der Waals surface area contributed by atoms with Crippen molar-refractivity contribution < 1.29 is 38.2 Å². The molecule has 1 aromatic carbocycles. The fourth-order valence-electron chi connectivity index (χ4n) is 8.21. The highest BCUT2D eigenvalue weighted by molar-refractivity contribution is 5.92. The van der Waals surface area contributed by atoms with Crippen LogP contribution in [0.1, 0.15) is 85.6 Å². The zero-order valence-electron chi connectivity index (χ0n) is 34.6. The molecule has 0 spiro atoms. The number of likely N-dealkylation sites (N-methyl/N-ethyl adjacent to an activating group) is 2. The Morgan fingerprint density at radius 3 is 2.17 bits per heavy atom. The molecule has 2 aliphatic heterocycles. The van der Waals surface area contributed by atoms with Gasteiger partial charge in [0, 0.05) is 34.2 Å². The Balaban J connectivity index is 1.77. The van der Waals surface area contributed by atoms with E-state index < -0.39 is 47.8 Å². The van der Waals surface area contributed by atoms with Crippen LogP contribution in [0.5, 0.6) is 0 Å². The molecule has 2 aliphatic rings. The minimum Gasteiger partial charge on any atom is -0.467 e. The third-order valence-electron chi connectivity index (χ3n) is 12.1. The van der Waals surface area contributed by atoms with Crippen molar-refractivity contribution in [2.75, 3.05) is 48.5 Å². The maximum Gasteiger partial charge on any atom is 0.328 e. The molecule has 0 aromatic heterocycles. The van der Waals surface area contributed by atoms with E-state index in [1.165, 1.54) is 14.2 Å². The summed E-state index contributed by atoms with van der Waals surface area (Å²) in [5, 5.41) is 5.94. The van der Waals surface area contributed by atoms with Gasteiger partial charge < -0.3 is 34.6 Å². The summed E-state index contributed by atoms with van der Waals surface area (Å²) in [5.74, 6) is -2.35. The van der Waals surface area contributed by atoms with Crippen LogP contribution in [0.25, 0.3) is 0 Å². The Kier molecular flexibility index (Phi) is 16.9. The standard InChI is InChI=1S/C41H67N5O8/c1-12-27(4)35(45(8)38(49)34(26(2)3)43-40(51)41(6)21-17-22-44(41)7)32(52-9)25-33(47)46-23-16-20-31(46)36(53-10)28(5)37(48)42-30(39(50)54-11)24-29-18-14-13-15-19-29/h13-15,18-19,26-28,30-32,34-36H,12,16-17,20-25H2,1-11H3,(H,42,48)(H,43,51)/t27-,28+,30+,31-,32+,34-,35-,36+,41-/m0/s1. The number of hydrogen-bond acceptors (Lipinski definition) is 9. The molecule has 2 fully saturated rings. The van der Waals surface area contributed by atoms with Crippen LogP contribution in [-0.4, -0.2) is 135 Å². The minimum absolute atomic E-state index is 0.0136. The Hall–Kier alpha value is -3.55. The van der Waals surface area contributed by atoms with Gasteiger partial charge in [-0.25, -0.2) is 4.79 Å². The van der Waals surface area contributed by atoms with Crippen molar-refractivity contribution in [3.63, 3.8) is 0 Å². The van der Waals surface area contributed by atoms with Crippen molar-refractivity contribution in [2.45, 2.75) is 128 Å². The van der Waals surface area contributed by atoms with Gasteiger partial charge in [0.2, 0.25) is 23.6 Å². The van der Waals surface area contributed by atoms with Crippen molar-refractivity contribution in [2.24, 2.45) is 17.8 Å². The third kappa shape index (κ3) is 10.6. The van der Waals surface area contributed by atoms with Crippen LogP contribution >= 0.6 is 0 Å². The van der Waals surface area contributed by atoms with Gasteiger partial charge in [0.15, 0.2) is 0 Å². The predicted molar refractivity (Wildman–Crippen MR) is 207 cm³/mol. The van der Waals surface area contributed by atoms with E-state index in [1.807, 2.05) is 76.9 Å². The SMILES string of the molecule is CC[C@H](C)[C@@H]([C@@H](CC(=O)N1CCC[C@H]1[C@H](OC)[C@@H](C)C(=O)N[C@H](Cc1ccccc1)C(=O)OC)OC)N(C)C(=O)[C@@H](NC(=O)[C@]1(C)CCCN1C)C(C)C. The largest absolute Gasteiger partial charge is 0.467 e. The smallest absolute Gasteiger partial charge is 0.328 e. The van der Waals surface area contributed by atoms with Crippen LogP contribution in [0.3, 0.4) is 0 Å². The van der Waals surface area contributed by atoms with Crippen LogP contribution in [0.2, 0.25) is 0 Å². The fourth-order valence-corrected chi connectivity index (χ4v) is 8.21. The lowest BCUT2D eigenvalue weighted by Gasteiger charge is -2.41. The Morgan fingerprint density at radius 2 is 1.63 bits per heavy atom. The average Bonchev–Trinajstić information content (AvgIpc) is 3.79. The van der Waals surface area contributed by atoms with E-state index >= 15 is 0 Å². The lowest BCUT2D eigenvalue weighted by molar-refractivity contribution is -0.149. The molecule has 4 amide bonds. The number of nitrogens with zero attached hydrogens (tertiary/aromatic N) is 3. The van der Waals surface area contributed by atoms with E-state index in [9.17, 15) is 24.0 Å². The molecule has 2 N–H and O–H groups in total. The van der Waals surface area contributed by atoms with Gasteiger partial charge in [-0.05, 0) is 63.6 Å². The number of carbonyl (C=O) groups excluding carboxylic acids is 5. The molecular formula is C41H67N5O8. The lowest BCUT2D eigenvalue weighted by Crippen LogP contribution is -2.61. The van der Waals surface area contributed by atoms with Crippen molar-refractivity contribution in [1.29, 1.82) is 0 Å². The number of benzene rings is 1. The van der Waals surface area contributed by atoms with E-state index in [4.69, 9.17) is 14.2 Å². The normalized spacial score (nSPS) is 22.8. The summed E-state index contributed by atoms with van der Waals surface area (Å²) in [4.78, 5) is 73.9. The van der Waals surface area contributed by atoms with E-state index in [1.54, 1.807) is 30.9 Å². The van der Waals surface area contributed by atoms with Crippen LogP contribution in [0.4, 0.5) is 0 Å². The molecule has 0 aliphatic carbocycles. The lowest BCUT2D eigenvalue weighted by atomic mass is 9.89. The number of hydrogen-bond donors (Lipinski definition) is 2. The predicted octanol–water partition coefficient (Wildman–Crippen LogP) is 3.43. The molecule has 9 atom stereocenters. The van der Waals surface area contributed by atoms with Crippen molar-refractivity contribution in [3.8, 4) is 0 Å². The molecule has 1 aromatic rings. The van der Waals surface area contributed by atoms with Gasteiger partial charge in [-0.15, -0.1) is 0 Å². The summed E-state index contributed by atoms with van der Waals surface area (Å²) >= 11 is 0. The van der Waals surface area contributed by atoms with Crippen molar-refractivity contribution in [1.82, 2.24) is 25.3 Å². The number of ether oxygens (including phenoxy) is 3. The molecule has 0 saturated carbocycles. The Labute approximate surface area is 323 Å². The van der Waals surface area contributed by atoms with Crippen molar-refractivity contribution in [3.05, 3.63) is 35.9 Å². The number of amides is 4. The quantitative estimate of drug-likeness (QED) is 0.203. The number of likely N-dealkylation sites (tertiary alicyclic amines) is 2. The van der Waals surface area contributed by atoms with Gasteiger partial charge in [-0.1, -0.05) is 71.4 Å². The maximum absolute atomic E-state index is 14.3. The molecule has 2 saturated heterocycles. The molecule has 13 heteroatoms. The van der Waals surface area contributed by atoms with Crippen LogP contribution in [-0.2, 0) is 44.6 Å². The minimum atomic E-state index is -0.887. The molecule has 0 radical (unpaired) electrons. The first kappa shape index (κ1) is 44.8. The number of methoxy groups -OCH3 is 3. The molecule has 2 heterocycles. The molecule has 13 nitrogen and oxygen atoms in total.